The Morgan fingerprint density at radius 3 is 2.00 bits per heavy atom. The van der Waals surface area contributed by atoms with Gasteiger partial charge in [-0.15, -0.1) is 0 Å². The lowest BCUT2D eigenvalue weighted by molar-refractivity contribution is -0.106. The van der Waals surface area contributed by atoms with Crippen molar-refractivity contribution in [2.75, 3.05) is 4.90 Å². The molecule has 2 aromatic rings. The maximum atomic E-state index is 11.1. The number of benzene rings is 2. The van der Waals surface area contributed by atoms with E-state index in [-0.39, 0.29) is 0 Å². The summed E-state index contributed by atoms with van der Waals surface area (Å²) in [7, 11) is 0. The first kappa shape index (κ1) is 10.7. The molecule has 0 saturated heterocycles. The van der Waals surface area contributed by atoms with Gasteiger partial charge in [0.25, 0.3) is 0 Å². The van der Waals surface area contributed by atoms with Crippen molar-refractivity contribution in [2.45, 2.75) is 0 Å². The van der Waals surface area contributed by atoms with Crippen LogP contribution in [0.15, 0.2) is 54.6 Å². The summed E-state index contributed by atoms with van der Waals surface area (Å²) in [5.74, 6) is 0. The van der Waals surface area contributed by atoms with Crippen molar-refractivity contribution in [3.05, 3.63) is 59.6 Å². The van der Waals surface area contributed by atoms with Crippen molar-refractivity contribution in [3.63, 3.8) is 0 Å². The lowest BCUT2D eigenvalue weighted by Crippen LogP contribution is -2.13. The number of amides is 1. The Hall–Kier alpha value is -1.80. The molecule has 2 nitrogen and oxygen atoms in total. The van der Waals surface area contributed by atoms with Gasteiger partial charge in [0.15, 0.2) is 0 Å². The third-order valence-electron chi connectivity index (χ3n) is 2.24. The Bertz CT molecular complexity index is 467. The average molecular weight is 232 g/mol. The van der Waals surface area contributed by atoms with Gasteiger partial charge in [-0.25, -0.2) is 0 Å². The number of anilines is 2. The molecule has 16 heavy (non-hydrogen) atoms. The molecule has 0 atom stereocenters. The molecular formula is C13H10ClNO. The van der Waals surface area contributed by atoms with Gasteiger partial charge in [-0.1, -0.05) is 29.8 Å². The molecule has 0 aliphatic rings. The number of para-hydroxylation sites is 1. The van der Waals surface area contributed by atoms with Gasteiger partial charge in [-0.2, -0.15) is 0 Å². The molecule has 0 unspecified atom stereocenters. The molecule has 0 saturated carbocycles. The maximum absolute atomic E-state index is 11.1. The third kappa shape index (κ3) is 2.23. The quantitative estimate of drug-likeness (QED) is 0.739. The van der Waals surface area contributed by atoms with Crippen LogP contribution in [0.5, 0.6) is 0 Å². The molecule has 0 bridgehead atoms. The summed E-state index contributed by atoms with van der Waals surface area (Å²) in [5, 5.41) is 0.655. The molecule has 0 spiro atoms. The van der Waals surface area contributed by atoms with Crippen LogP contribution in [0.1, 0.15) is 0 Å². The largest absolute Gasteiger partial charge is 0.284 e. The van der Waals surface area contributed by atoms with E-state index in [0.29, 0.717) is 5.02 Å². The van der Waals surface area contributed by atoms with E-state index in [1.165, 1.54) is 0 Å². The van der Waals surface area contributed by atoms with Crippen molar-refractivity contribution in [2.24, 2.45) is 0 Å². The molecule has 3 heteroatoms. The van der Waals surface area contributed by atoms with Crippen molar-refractivity contribution in [1.82, 2.24) is 0 Å². The van der Waals surface area contributed by atoms with Crippen LogP contribution in [-0.2, 0) is 4.79 Å². The molecule has 0 fully saturated rings. The molecule has 0 aromatic heterocycles. The standard InChI is InChI=1S/C13H10ClNO/c14-11-6-8-13(9-7-11)15(10-16)12-4-2-1-3-5-12/h1-10H. The minimum absolute atomic E-state index is 0.655. The molecule has 80 valence electrons. The number of nitrogens with zero attached hydrogens (tertiary/aromatic N) is 1. The van der Waals surface area contributed by atoms with Gasteiger partial charge in [-0.05, 0) is 36.4 Å². The van der Waals surface area contributed by atoms with E-state index in [1.54, 1.807) is 17.0 Å². The van der Waals surface area contributed by atoms with E-state index in [1.807, 2.05) is 42.5 Å². The highest BCUT2D eigenvalue weighted by Crippen LogP contribution is 2.24. The van der Waals surface area contributed by atoms with Crippen molar-refractivity contribution < 1.29 is 4.79 Å². The topological polar surface area (TPSA) is 20.3 Å². The molecule has 0 aliphatic carbocycles. The maximum Gasteiger partial charge on any atom is 0.218 e. The normalized spacial score (nSPS) is 9.81. The average Bonchev–Trinajstić information content (AvgIpc) is 2.34. The van der Waals surface area contributed by atoms with Crippen molar-refractivity contribution in [1.29, 1.82) is 0 Å². The number of rotatable bonds is 3. The number of halogens is 1. The van der Waals surface area contributed by atoms with Gasteiger partial charge in [-0.3, -0.25) is 9.69 Å². The zero-order chi connectivity index (χ0) is 11.4. The lowest BCUT2D eigenvalue weighted by atomic mass is 10.2. The summed E-state index contributed by atoms with van der Waals surface area (Å²) in [6, 6.07) is 16.6. The van der Waals surface area contributed by atoms with Crippen LogP contribution in [0.25, 0.3) is 0 Å². The zero-order valence-electron chi connectivity index (χ0n) is 8.51. The van der Waals surface area contributed by atoms with Crippen LogP contribution in [0, 0.1) is 0 Å². The highest BCUT2D eigenvalue weighted by atomic mass is 35.5. The van der Waals surface area contributed by atoms with E-state index < -0.39 is 0 Å². The predicted octanol–water partition coefficient (Wildman–Crippen LogP) is 3.63. The first-order chi connectivity index (χ1) is 7.81. The fourth-order valence-corrected chi connectivity index (χ4v) is 1.59. The van der Waals surface area contributed by atoms with Gasteiger partial charge in [0.2, 0.25) is 6.41 Å². The van der Waals surface area contributed by atoms with Gasteiger partial charge in [0.05, 0.1) is 0 Å². The molecule has 2 rings (SSSR count). The van der Waals surface area contributed by atoms with Crippen LogP contribution in [0.2, 0.25) is 5.02 Å². The third-order valence-corrected chi connectivity index (χ3v) is 2.50. The van der Waals surface area contributed by atoms with Crippen LogP contribution in [0.4, 0.5) is 11.4 Å². The second-order valence-electron chi connectivity index (χ2n) is 3.29. The molecule has 0 N–H and O–H groups in total. The second kappa shape index (κ2) is 4.81. The van der Waals surface area contributed by atoms with E-state index in [9.17, 15) is 4.79 Å². The van der Waals surface area contributed by atoms with Crippen molar-refractivity contribution in [3.8, 4) is 0 Å². The molecule has 0 radical (unpaired) electrons. The molecule has 0 aliphatic heterocycles. The fraction of sp³-hybridized carbons (Fsp3) is 0. The van der Waals surface area contributed by atoms with Crippen LogP contribution >= 0.6 is 11.6 Å². The molecular weight excluding hydrogens is 222 g/mol. The highest BCUT2D eigenvalue weighted by molar-refractivity contribution is 6.30. The van der Waals surface area contributed by atoms with Crippen LogP contribution in [-0.4, -0.2) is 6.41 Å². The second-order valence-corrected chi connectivity index (χ2v) is 3.72. The number of hydrogen-bond acceptors (Lipinski definition) is 1. The predicted molar refractivity (Wildman–Crippen MR) is 66.1 cm³/mol. The summed E-state index contributed by atoms with van der Waals surface area (Å²) in [6.45, 7) is 0. The van der Waals surface area contributed by atoms with Gasteiger partial charge in [0, 0.05) is 16.4 Å². The smallest absolute Gasteiger partial charge is 0.218 e. The summed E-state index contributed by atoms with van der Waals surface area (Å²) >= 11 is 5.80. The number of carbonyl (C=O) groups excluding carboxylic acids is 1. The minimum atomic E-state index is 0.655. The van der Waals surface area contributed by atoms with E-state index >= 15 is 0 Å². The first-order valence-electron chi connectivity index (χ1n) is 4.86. The minimum Gasteiger partial charge on any atom is -0.284 e. The fourth-order valence-electron chi connectivity index (χ4n) is 1.46. The van der Waals surface area contributed by atoms with Crippen LogP contribution in [0.3, 0.4) is 0 Å². The summed E-state index contributed by atoms with van der Waals surface area (Å²) in [6.07, 6.45) is 0.790. The van der Waals surface area contributed by atoms with Gasteiger partial charge >= 0.3 is 0 Å². The van der Waals surface area contributed by atoms with Crippen molar-refractivity contribution >= 4 is 29.4 Å². The summed E-state index contributed by atoms with van der Waals surface area (Å²) in [5.41, 5.74) is 1.63. The van der Waals surface area contributed by atoms with Gasteiger partial charge < -0.3 is 0 Å². The Morgan fingerprint density at radius 1 is 0.875 bits per heavy atom. The monoisotopic (exact) mass is 231 g/mol. The zero-order valence-corrected chi connectivity index (χ0v) is 9.26. The SMILES string of the molecule is O=CN(c1ccccc1)c1ccc(Cl)cc1. The first-order valence-corrected chi connectivity index (χ1v) is 5.24. The number of carbonyl (C=O) groups is 1. The van der Waals surface area contributed by atoms with E-state index in [2.05, 4.69) is 0 Å². The lowest BCUT2D eigenvalue weighted by Gasteiger charge is -2.17. The van der Waals surface area contributed by atoms with E-state index in [4.69, 9.17) is 11.6 Å². The molecule has 1 amide bonds. The molecule has 0 heterocycles. The van der Waals surface area contributed by atoms with E-state index in [0.717, 1.165) is 17.8 Å². The van der Waals surface area contributed by atoms with Gasteiger partial charge in [0.1, 0.15) is 0 Å². The summed E-state index contributed by atoms with van der Waals surface area (Å²) < 4.78 is 0. The summed E-state index contributed by atoms with van der Waals surface area (Å²) in [4.78, 5) is 12.6. The Morgan fingerprint density at radius 2 is 1.44 bits per heavy atom. The highest BCUT2D eigenvalue weighted by Gasteiger charge is 2.06. The number of hydrogen-bond donors (Lipinski definition) is 0. The van der Waals surface area contributed by atoms with Crippen LogP contribution < -0.4 is 4.90 Å². The Balaban J connectivity index is 2.37. The Labute approximate surface area is 99.1 Å². The molecule has 2 aromatic carbocycles. The Kier molecular flexibility index (Phi) is 3.22.